The molecule has 0 saturated heterocycles. The van der Waals surface area contributed by atoms with E-state index in [9.17, 15) is 4.79 Å². The molecule has 0 rings (SSSR count). The van der Waals surface area contributed by atoms with Gasteiger partial charge in [0, 0.05) is 0 Å². The Bertz CT molecular complexity index is 148. The van der Waals surface area contributed by atoms with Crippen LogP contribution in [0.15, 0.2) is 0 Å². The van der Waals surface area contributed by atoms with E-state index in [0.29, 0.717) is 0 Å². The Morgan fingerprint density at radius 3 is 2.70 bits per heavy atom. The predicted molar refractivity (Wildman–Crippen MR) is 44.6 cm³/mol. The Kier molecular flexibility index (Phi) is 12.2. The Morgan fingerprint density at radius 1 is 1.70 bits per heavy atom. The molecule has 0 heterocycles. The summed E-state index contributed by atoms with van der Waals surface area (Å²) in [6.45, 7) is 0. The zero-order valence-corrected chi connectivity index (χ0v) is 11.1. The number of halogens is 1. The van der Waals surface area contributed by atoms with Crippen LogP contribution < -0.4 is 0 Å². The first-order valence-electron chi connectivity index (χ1n) is 2.67. The maximum Gasteiger partial charge on any atom is -0.107 e. The van der Waals surface area contributed by atoms with Crippen molar-refractivity contribution in [2.45, 2.75) is 11.4 Å². The van der Waals surface area contributed by atoms with Crippen molar-refractivity contribution in [1.29, 1.82) is 0 Å². The maximum atomic E-state index is 10.3. The van der Waals surface area contributed by atoms with E-state index in [2.05, 4.69) is 16.6 Å². The van der Waals surface area contributed by atoms with Crippen molar-refractivity contribution in [2.24, 2.45) is 0 Å². The van der Waals surface area contributed by atoms with Crippen LogP contribution in [0.3, 0.4) is 0 Å². The van der Waals surface area contributed by atoms with Crippen LogP contribution >= 0.6 is 24.0 Å². The van der Waals surface area contributed by atoms with Crippen LogP contribution in [0, 0.1) is 11.8 Å². The minimum Gasteiger partial charge on any atom is -0.107 e. The molecule has 0 aromatic heterocycles. The van der Waals surface area contributed by atoms with E-state index in [4.69, 9.17) is 0 Å². The van der Waals surface area contributed by atoms with Gasteiger partial charge in [0.25, 0.3) is 0 Å². The number of methoxy groups -OCH3 is 1. The van der Waals surface area contributed by atoms with Crippen LogP contribution in [0.4, 0.5) is 0 Å². The first kappa shape index (κ1) is 13.0. The Labute approximate surface area is 87.8 Å². The first-order chi connectivity index (χ1) is 4.31. The van der Waals surface area contributed by atoms with Gasteiger partial charge in [0.05, 0.1) is 0 Å². The van der Waals surface area contributed by atoms with Crippen molar-refractivity contribution < 1.29 is 27.8 Å². The summed E-state index contributed by atoms with van der Waals surface area (Å²) in [7, 11) is 1.33. The fraction of sp³-hybridized carbons (Fsp3) is 0.500. The number of hydrogen-bond donors (Lipinski definition) is 0. The van der Waals surface area contributed by atoms with Gasteiger partial charge in [0.2, 0.25) is 0 Å². The molecule has 0 bridgehead atoms. The molecule has 2 nitrogen and oxygen atoms in total. The van der Waals surface area contributed by atoms with Gasteiger partial charge in [-0.25, -0.2) is 0 Å². The van der Waals surface area contributed by atoms with Gasteiger partial charge < -0.3 is 0 Å². The zero-order chi connectivity index (χ0) is 7.11. The molecule has 0 amide bonds. The second kappa shape index (κ2) is 9.38. The molecule has 53 valence electrons. The van der Waals surface area contributed by atoms with Gasteiger partial charge in [-0.2, -0.15) is 0 Å². The average molecular weight is 304 g/mol. The van der Waals surface area contributed by atoms with E-state index in [1.807, 2.05) is 0 Å². The summed E-state index contributed by atoms with van der Waals surface area (Å²) in [6, 6.07) is 0. The molecule has 0 saturated carbocycles. The van der Waals surface area contributed by atoms with Crippen LogP contribution in [0.25, 0.3) is 0 Å². The minimum atomic E-state index is -0.441. The summed E-state index contributed by atoms with van der Waals surface area (Å²) in [4.78, 5) is 10.3. The van der Waals surface area contributed by atoms with E-state index < -0.39 is 5.97 Å². The largest absolute Gasteiger partial charge is 0.107 e. The topological polar surface area (TPSA) is 26.3 Å². The van der Waals surface area contributed by atoms with Crippen molar-refractivity contribution in [1.82, 2.24) is 0 Å². The number of esters is 1. The van der Waals surface area contributed by atoms with Crippen LogP contribution in [-0.4, -0.2) is 13.1 Å². The number of rotatable bonds is 1. The molecule has 0 N–H and O–H groups in total. The molecule has 4 heteroatoms. The summed E-state index contributed by atoms with van der Waals surface area (Å²) in [5.41, 5.74) is 0. The fourth-order valence-corrected chi connectivity index (χ4v) is 0.645. The minimum absolute atomic E-state index is 0. The predicted octanol–water partition coefficient (Wildman–Crippen LogP) is 1.14. The Morgan fingerprint density at radius 2 is 2.30 bits per heavy atom. The van der Waals surface area contributed by atoms with E-state index in [-0.39, 0.29) is 24.0 Å². The Balaban J connectivity index is 0. The molecule has 0 unspecified atom stereocenters. The molecule has 0 aliphatic rings. The van der Waals surface area contributed by atoms with E-state index in [0.717, 1.165) is 11.4 Å². The number of carbonyl (C=O) groups is 1. The molecule has 0 aromatic carbocycles. The zero-order valence-electron chi connectivity index (χ0n) is 5.85. The molecule has 10 heavy (non-hydrogen) atoms. The van der Waals surface area contributed by atoms with Gasteiger partial charge in [-0.15, -0.1) is 24.0 Å². The standard InChI is InChI=1S/C6H7O2.HI.Zn/c1-3-4-5-6(7)8-2;;/h1,3H2,2H3;1H;. The number of ether oxygens (including phenoxy) is 1. The van der Waals surface area contributed by atoms with Gasteiger partial charge in [-0.05, 0) is 0 Å². The second-order valence-electron chi connectivity index (χ2n) is 1.40. The summed E-state index contributed by atoms with van der Waals surface area (Å²) >= 11 is 1.23. The van der Waals surface area contributed by atoms with Crippen LogP contribution in [0.2, 0.25) is 5.02 Å². The number of carbonyl (C=O) groups excluding carboxylic acids is 1. The van der Waals surface area contributed by atoms with Crippen LogP contribution in [0.1, 0.15) is 6.42 Å². The van der Waals surface area contributed by atoms with Crippen LogP contribution in [-0.2, 0) is 27.8 Å². The quantitative estimate of drug-likeness (QED) is 0.239. The Hall–Kier alpha value is 0.383. The third kappa shape index (κ3) is 8.38. The molecule has 0 aromatic rings. The molecule has 0 fully saturated rings. The maximum absolute atomic E-state index is 10.3. The van der Waals surface area contributed by atoms with E-state index in [1.54, 1.807) is 0 Å². The van der Waals surface area contributed by atoms with Gasteiger partial charge in [-0.3, -0.25) is 0 Å². The first-order valence-corrected chi connectivity index (χ1v) is 4.77. The SMILES string of the molecule is COC(=O)C#CC[CH2][Zn].I. The van der Waals surface area contributed by atoms with Crippen molar-refractivity contribution in [3.63, 3.8) is 0 Å². The average Bonchev–Trinajstić information content (AvgIpc) is 1.89. The second-order valence-corrected chi connectivity index (χ2v) is 2.88. The van der Waals surface area contributed by atoms with Gasteiger partial charge in [0.15, 0.2) is 0 Å². The fourth-order valence-electron chi connectivity index (χ4n) is 0.274. The van der Waals surface area contributed by atoms with Crippen molar-refractivity contribution >= 4 is 29.9 Å². The smallest absolute Gasteiger partial charge is 0.107 e. The molecule has 0 spiro atoms. The molecular formula is C6H8IO2Zn. The summed E-state index contributed by atoms with van der Waals surface area (Å²) in [6.07, 6.45) is 0.815. The molecule has 0 aliphatic heterocycles. The van der Waals surface area contributed by atoms with Gasteiger partial charge in [0.1, 0.15) is 0 Å². The summed E-state index contributed by atoms with van der Waals surface area (Å²) < 4.78 is 4.29. The van der Waals surface area contributed by atoms with E-state index >= 15 is 0 Å². The van der Waals surface area contributed by atoms with Gasteiger partial charge >= 0.3 is 64.2 Å². The number of hydrogen-bond acceptors (Lipinski definition) is 2. The molecule has 0 atom stereocenters. The monoisotopic (exact) mass is 303 g/mol. The molecular weight excluding hydrogens is 296 g/mol. The van der Waals surface area contributed by atoms with Crippen molar-refractivity contribution in [2.75, 3.05) is 7.11 Å². The summed E-state index contributed by atoms with van der Waals surface area (Å²) in [5, 5.41) is 1.10. The third-order valence-electron chi connectivity index (χ3n) is 0.678. The van der Waals surface area contributed by atoms with Gasteiger partial charge in [-0.1, -0.05) is 0 Å². The summed E-state index contributed by atoms with van der Waals surface area (Å²) in [5.74, 6) is 4.59. The molecule has 0 aliphatic carbocycles. The van der Waals surface area contributed by atoms with Crippen molar-refractivity contribution in [3.8, 4) is 11.8 Å². The normalized spacial score (nSPS) is 6.70. The van der Waals surface area contributed by atoms with E-state index in [1.165, 1.54) is 25.4 Å². The third-order valence-corrected chi connectivity index (χ3v) is 1.42. The molecule has 0 radical (unpaired) electrons. The van der Waals surface area contributed by atoms with Crippen LogP contribution in [0.5, 0.6) is 0 Å². The van der Waals surface area contributed by atoms with Crippen molar-refractivity contribution in [3.05, 3.63) is 0 Å².